The normalized spacial score (nSPS) is 8.36. The van der Waals surface area contributed by atoms with E-state index >= 15 is 0 Å². The fraction of sp³-hybridized carbons (Fsp3) is 0.429. The Morgan fingerprint density at radius 3 is 2.36 bits per heavy atom. The number of carbonyl (C=O) groups excluding carboxylic acids is 1. The molecular formula is C7H13N3O. The van der Waals surface area contributed by atoms with Gasteiger partial charge < -0.3 is 5.73 Å². The highest BCUT2D eigenvalue weighted by molar-refractivity contribution is 5.74. The highest BCUT2D eigenvalue weighted by Crippen LogP contribution is 2.00. The summed E-state index contributed by atoms with van der Waals surface area (Å²) in [6.45, 7) is 1.86. The summed E-state index contributed by atoms with van der Waals surface area (Å²) in [4.78, 5) is 10.2. The van der Waals surface area contributed by atoms with Gasteiger partial charge in [-0.2, -0.15) is 5.10 Å². The van der Waals surface area contributed by atoms with E-state index in [9.17, 15) is 4.79 Å². The van der Waals surface area contributed by atoms with E-state index in [1.807, 2.05) is 6.92 Å². The molecule has 1 rings (SSSR count). The molecule has 0 fully saturated rings. The molecule has 4 heteroatoms. The fourth-order valence-electron chi connectivity index (χ4n) is 0.726. The van der Waals surface area contributed by atoms with Crippen molar-refractivity contribution in [1.29, 1.82) is 0 Å². The van der Waals surface area contributed by atoms with Crippen LogP contribution in [0.1, 0.15) is 16.1 Å². The highest BCUT2D eigenvalue weighted by Gasteiger charge is 1.99. The lowest BCUT2D eigenvalue weighted by atomic mass is 10.3. The SMILES string of the molecule is CN.Cc1cnn(C)c1C=O. The maximum absolute atomic E-state index is 10.2. The molecule has 0 radical (unpaired) electrons. The Morgan fingerprint density at radius 1 is 1.64 bits per heavy atom. The van der Waals surface area contributed by atoms with Gasteiger partial charge in [-0.3, -0.25) is 9.48 Å². The third-order valence-corrected chi connectivity index (χ3v) is 1.29. The second-order valence-electron chi connectivity index (χ2n) is 1.95. The van der Waals surface area contributed by atoms with E-state index < -0.39 is 0 Å². The van der Waals surface area contributed by atoms with Gasteiger partial charge in [-0.05, 0) is 19.5 Å². The number of nitrogens with two attached hydrogens (primary N) is 1. The van der Waals surface area contributed by atoms with Gasteiger partial charge in [0, 0.05) is 7.05 Å². The van der Waals surface area contributed by atoms with Crippen LogP contribution in [0.5, 0.6) is 0 Å². The summed E-state index contributed by atoms with van der Waals surface area (Å²) in [5, 5.41) is 3.87. The molecule has 1 aromatic rings. The molecule has 0 atom stereocenters. The van der Waals surface area contributed by atoms with Crippen molar-refractivity contribution < 1.29 is 4.79 Å². The van der Waals surface area contributed by atoms with Crippen LogP contribution in [0.25, 0.3) is 0 Å². The maximum atomic E-state index is 10.2. The van der Waals surface area contributed by atoms with E-state index in [2.05, 4.69) is 10.8 Å². The zero-order valence-corrected chi connectivity index (χ0v) is 7.03. The smallest absolute Gasteiger partial charge is 0.168 e. The molecule has 0 saturated carbocycles. The molecule has 2 N–H and O–H groups in total. The number of carbonyl (C=O) groups is 1. The Morgan fingerprint density at radius 2 is 2.18 bits per heavy atom. The summed E-state index contributed by atoms with van der Waals surface area (Å²) in [6.07, 6.45) is 2.48. The van der Waals surface area contributed by atoms with Gasteiger partial charge in [-0.15, -0.1) is 0 Å². The van der Waals surface area contributed by atoms with E-state index in [1.165, 1.54) is 7.05 Å². The summed E-state index contributed by atoms with van der Waals surface area (Å²) >= 11 is 0. The van der Waals surface area contributed by atoms with Gasteiger partial charge in [-0.1, -0.05) is 0 Å². The van der Waals surface area contributed by atoms with Crippen LogP contribution in [0, 0.1) is 6.92 Å². The van der Waals surface area contributed by atoms with Gasteiger partial charge in [0.25, 0.3) is 0 Å². The van der Waals surface area contributed by atoms with Crippen LogP contribution in [0.2, 0.25) is 0 Å². The summed E-state index contributed by atoms with van der Waals surface area (Å²) in [6, 6.07) is 0. The number of aryl methyl sites for hydroxylation is 2. The molecule has 0 aliphatic heterocycles. The molecule has 0 spiro atoms. The van der Waals surface area contributed by atoms with E-state index in [1.54, 1.807) is 17.9 Å². The molecule has 1 heterocycles. The molecule has 62 valence electrons. The number of aromatic nitrogens is 2. The Bertz CT molecular complexity index is 210. The minimum atomic E-state index is 0.648. The Hall–Kier alpha value is -1.16. The summed E-state index contributed by atoms with van der Waals surface area (Å²) in [7, 11) is 3.25. The predicted octanol–water partition coefficient (Wildman–Crippen LogP) is 0.116. The van der Waals surface area contributed by atoms with E-state index in [-0.39, 0.29) is 0 Å². The van der Waals surface area contributed by atoms with Crippen LogP contribution in [-0.2, 0) is 7.05 Å². The molecular weight excluding hydrogens is 142 g/mol. The molecule has 1 aromatic heterocycles. The van der Waals surface area contributed by atoms with Crippen LogP contribution in [0.15, 0.2) is 6.20 Å². The molecule has 4 nitrogen and oxygen atoms in total. The number of aldehydes is 1. The van der Waals surface area contributed by atoms with Gasteiger partial charge in [0.15, 0.2) is 6.29 Å². The first-order chi connectivity index (χ1) is 5.25. The van der Waals surface area contributed by atoms with Gasteiger partial charge in [-0.25, -0.2) is 0 Å². The first-order valence-corrected chi connectivity index (χ1v) is 3.27. The second-order valence-corrected chi connectivity index (χ2v) is 1.95. The van der Waals surface area contributed by atoms with E-state index in [0.29, 0.717) is 5.69 Å². The van der Waals surface area contributed by atoms with Crippen molar-refractivity contribution in [3.63, 3.8) is 0 Å². The van der Waals surface area contributed by atoms with Gasteiger partial charge >= 0.3 is 0 Å². The van der Waals surface area contributed by atoms with Crippen molar-refractivity contribution in [1.82, 2.24) is 9.78 Å². The molecule has 0 saturated heterocycles. The lowest BCUT2D eigenvalue weighted by Crippen LogP contribution is -1.96. The molecule has 0 unspecified atom stereocenters. The van der Waals surface area contributed by atoms with Crippen LogP contribution in [0.4, 0.5) is 0 Å². The molecule has 0 bridgehead atoms. The Kier molecular flexibility index (Phi) is 4.14. The molecule has 0 aliphatic rings. The number of hydrogen-bond donors (Lipinski definition) is 1. The molecule has 0 amide bonds. The zero-order chi connectivity index (χ0) is 8.85. The lowest BCUT2D eigenvalue weighted by molar-refractivity contribution is 0.111. The topological polar surface area (TPSA) is 60.9 Å². The largest absolute Gasteiger partial charge is 0.333 e. The van der Waals surface area contributed by atoms with Crippen molar-refractivity contribution in [3.8, 4) is 0 Å². The van der Waals surface area contributed by atoms with E-state index in [0.717, 1.165) is 11.8 Å². The van der Waals surface area contributed by atoms with Gasteiger partial charge in [0.2, 0.25) is 0 Å². The first kappa shape index (κ1) is 9.84. The molecule has 0 aliphatic carbocycles. The summed E-state index contributed by atoms with van der Waals surface area (Å²) in [5.74, 6) is 0. The van der Waals surface area contributed by atoms with Crippen molar-refractivity contribution in [2.75, 3.05) is 7.05 Å². The van der Waals surface area contributed by atoms with Crippen molar-refractivity contribution in [2.45, 2.75) is 6.92 Å². The minimum absolute atomic E-state index is 0.648. The number of nitrogens with zero attached hydrogens (tertiary/aromatic N) is 2. The zero-order valence-electron chi connectivity index (χ0n) is 7.03. The summed E-state index contributed by atoms with van der Waals surface area (Å²) < 4.78 is 1.56. The number of rotatable bonds is 1. The van der Waals surface area contributed by atoms with Gasteiger partial charge in [0.1, 0.15) is 5.69 Å². The lowest BCUT2D eigenvalue weighted by Gasteiger charge is -1.89. The predicted molar refractivity (Wildman–Crippen MR) is 43.4 cm³/mol. The molecule has 0 aromatic carbocycles. The Balaban J connectivity index is 0.000000461. The van der Waals surface area contributed by atoms with Crippen molar-refractivity contribution >= 4 is 6.29 Å². The standard InChI is InChI=1S/C6H8N2O.CH5N/c1-5-3-7-8(2)6(5)4-9;1-2/h3-4H,1-2H3;2H2,1H3. The van der Waals surface area contributed by atoms with Crippen molar-refractivity contribution in [2.24, 2.45) is 12.8 Å². The average Bonchev–Trinajstić information content (AvgIpc) is 2.35. The second kappa shape index (κ2) is 4.62. The fourth-order valence-corrected chi connectivity index (χ4v) is 0.726. The maximum Gasteiger partial charge on any atom is 0.168 e. The monoisotopic (exact) mass is 155 g/mol. The summed E-state index contributed by atoms with van der Waals surface area (Å²) in [5.41, 5.74) is 6.07. The Labute approximate surface area is 66.0 Å². The number of hydrogen-bond acceptors (Lipinski definition) is 3. The van der Waals surface area contributed by atoms with E-state index in [4.69, 9.17) is 0 Å². The third-order valence-electron chi connectivity index (χ3n) is 1.29. The van der Waals surface area contributed by atoms with Gasteiger partial charge in [0.05, 0.1) is 6.20 Å². The molecule has 11 heavy (non-hydrogen) atoms. The van der Waals surface area contributed by atoms with Crippen LogP contribution < -0.4 is 5.73 Å². The average molecular weight is 155 g/mol. The van der Waals surface area contributed by atoms with Crippen molar-refractivity contribution in [3.05, 3.63) is 17.5 Å². The third kappa shape index (κ3) is 2.16. The van der Waals surface area contributed by atoms with Crippen LogP contribution >= 0.6 is 0 Å². The van der Waals surface area contributed by atoms with Crippen LogP contribution in [-0.4, -0.2) is 23.1 Å². The highest BCUT2D eigenvalue weighted by atomic mass is 16.1. The minimum Gasteiger partial charge on any atom is -0.333 e. The quantitative estimate of drug-likeness (QED) is 0.586. The first-order valence-electron chi connectivity index (χ1n) is 3.27. The van der Waals surface area contributed by atoms with Crippen LogP contribution in [0.3, 0.4) is 0 Å².